The SMILES string of the molecule is CCN(CC)C1CCCNC1.Cl. The van der Waals surface area contributed by atoms with Gasteiger partial charge >= 0.3 is 0 Å². The molecule has 0 spiro atoms. The van der Waals surface area contributed by atoms with E-state index in [4.69, 9.17) is 0 Å². The summed E-state index contributed by atoms with van der Waals surface area (Å²) in [5.41, 5.74) is 0. The van der Waals surface area contributed by atoms with Gasteiger partial charge in [0, 0.05) is 12.6 Å². The summed E-state index contributed by atoms with van der Waals surface area (Å²) in [6, 6.07) is 0.804. The lowest BCUT2D eigenvalue weighted by atomic mass is 10.1. The Morgan fingerprint density at radius 2 is 2.00 bits per heavy atom. The largest absolute Gasteiger partial charge is 0.315 e. The van der Waals surface area contributed by atoms with Crippen LogP contribution in [0.1, 0.15) is 26.7 Å². The van der Waals surface area contributed by atoms with E-state index in [-0.39, 0.29) is 12.4 Å². The van der Waals surface area contributed by atoms with Crippen LogP contribution in [0, 0.1) is 0 Å². The third-order valence-electron chi connectivity index (χ3n) is 2.60. The van der Waals surface area contributed by atoms with Crippen molar-refractivity contribution < 1.29 is 0 Å². The van der Waals surface area contributed by atoms with Crippen LogP contribution in [-0.4, -0.2) is 37.1 Å². The number of nitrogens with one attached hydrogen (secondary N) is 1. The van der Waals surface area contributed by atoms with Gasteiger partial charge in [0.1, 0.15) is 0 Å². The van der Waals surface area contributed by atoms with E-state index in [1.54, 1.807) is 0 Å². The minimum atomic E-state index is 0. The lowest BCUT2D eigenvalue weighted by Crippen LogP contribution is -2.45. The smallest absolute Gasteiger partial charge is 0.0220 e. The zero-order chi connectivity index (χ0) is 8.10. The maximum atomic E-state index is 3.44. The number of hydrogen-bond donors (Lipinski definition) is 1. The van der Waals surface area contributed by atoms with Crippen molar-refractivity contribution in [3.8, 4) is 0 Å². The van der Waals surface area contributed by atoms with Gasteiger partial charge < -0.3 is 5.32 Å². The first kappa shape index (κ1) is 12.2. The Morgan fingerprint density at radius 1 is 1.33 bits per heavy atom. The molecule has 3 heteroatoms. The van der Waals surface area contributed by atoms with Gasteiger partial charge in [-0.05, 0) is 32.5 Å². The van der Waals surface area contributed by atoms with Gasteiger partial charge in [0.25, 0.3) is 0 Å². The van der Waals surface area contributed by atoms with Crippen molar-refractivity contribution in [2.45, 2.75) is 32.7 Å². The average molecular weight is 193 g/mol. The molecule has 1 aliphatic rings. The highest BCUT2D eigenvalue weighted by atomic mass is 35.5. The topological polar surface area (TPSA) is 15.3 Å². The van der Waals surface area contributed by atoms with Crippen molar-refractivity contribution in [3.05, 3.63) is 0 Å². The molecule has 0 aromatic heterocycles. The minimum Gasteiger partial charge on any atom is -0.315 e. The second-order valence-corrected chi connectivity index (χ2v) is 3.22. The van der Waals surface area contributed by atoms with E-state index in [1.165, 1.54) is 39.0 Å². The van der Waals surface area contributed by atoms with Crippen molar-refractivity contribution in [3.63, 3.8) is 0 Å². The van der Waals surface area contributed by atoms with Gasteiger partial charge in [-0.15, -0.1) is 12.4 Å². The number of rotatable bonds is 3. The van der Waals surface area contributed by atoms with Crippen LogP contribution in [-0.2, 0) is 0 Å². The standard InChI is InChI=1S/C9H20N2.ClH/c1-3-11(4-2)9-6-5-7-10-8-9;/h9-10H,3-8H2,1-2H3;1H. The van der Waals surface area contributed by atoms with E-state index in [9.17, 15) is 0 Å². The van der Waals surface area contributed by atoms with E-state index >= 15 is 0 Å². The molecule has 0 bridgehead atoms. The first-order valence-corrected chi connectivity index (χ1v) is 4.83. The van der Waals surface area contributed by atoms with Crippen LogP contribution >= 0.6 is 12.4 Å². The number of halogens is 1. The molecule has 0 amide bonds. The fourth-order valence-electron chi connectivity index (χ4n) is 1.89. The maximum Gasteiger partial charge on any atom is 0.0220 e. The van der Waals surface area contributed by atoms with E-state index < -0.39 is 0 Å². The summed E-state index contributed by atoms with van der Waals surface area (Å²) in [6.07, 6.45) is 2.73. The molecule has 74 valence electrons. The number of nitrogens with zero attached hydrogens (tertiary/aromatic N) is 1. The Hall–Kier alpha value is 0.210. The average Bonchev–Trinajstić information content (AvgIpc) is 2.09. The molecule has 1 rings (SSSR count). The summed E-state index contributed by atoms with van der Waals surface area (Å²) in [5.74, 6) is 0. The molecular formula is C9H21ClN2. The normalized spacial score (nSPS) is 23.8. The highest BCUT2D eigenvalue weighted by Crippen LogP contribution is 2.08. The van der Waals surface area contributed by atoms with Gasteiger partial charge in [-0.2, -0.15) is 0 Å². The van der Waals surface area contributed by atoms with Crippen LogP contribution in [0.3, 0.4) is 0 Å². The summed E-state index contributed by atoms with van der Waals surface area (Å²) in [5, 5.41) is 3.44. The molecule has 1 aliphatic heterocycles. The van der Waals surface area contributed by atoms with Crippen molar-refractivity contribution in [1.29, 1.82) is 0 Å². The third kappa shape index (κ3) is 3.30. The van der Waals surface area contributed by atoms with Gasteiger partial charge in [-0.3, -0.25) is 4.90 Å². The van der Waals surface area contributed by atoms with Gasteiger partial charge in [-0.1, -0.05) is 13.8 Å². The third-order valence-corrected chi connectivity index (χ3v) is 2.60. The molecule has 1 heterocycles. The first-order valence-electron chi connectivity index (χ1n) is 4.83. The van der Waals surface area contributed by atoms with E-state index in [0.717, 1.165) is 6.04 Å². The molecule has 0 aromatic rings. The summed E-state index contributed by atoms with van der Waals surface area (Å²) < 4.78 is 0. The Bertz CT molecular complexity index is 98.7. The van der Waals surface area contributed by atoms with Gasteiger partial charge in [0.2, 0.25) is 0 Å². The number of hydrogen-bond acceptors (Lipinski definition) is 2. The fourth-order valence-corrected chi connectivity index (χ4v) is 1.89. The number of likely N-dealkylation sites (N-methyl/N-ethyl adjacent to an activating group) is 1. The summed E-state index contributed by atoms with van der Waals surface area (Å²) in [7, 11) is 0. The Balaban J connectivity index is 0.00000121. The predicted molar refractivity (Wildman–Crippen MR) is 56.1 cm³/mol. The molecule has 0 aliphatic carbocycles. The van der Waals surface area contributed by atoms with Crippen LogP contribution < -0.4 is 5.32 Å². The van der Waals surface area contributed by atoms with Crippen molar-refractivity contribution >= 4 is 12.4 Å². The molecule has 0 aromatic carbocycles. The van der Waals surface area contributed by atoms with Crippen LogP contribution in [0.4, 0.5) is 0 Å². The molecule has 1 saturated heterocycles. The molecule has 0 saturated carbocycles. The fraction of sp³-hybridized carbons (Fsp3) is 1.00. The van der Waals surface area contributed by atoms with Crippen LogP contribution in [0.25, 0.3) is 0 Å². The van der Waals surface area contributed by atoms with Crippen molar-refractivity contribution in [2.75, 3.05) is 26.2 Å². The highest BCUT2D eigenvalue weighted by Gasteiger charge is 2.17. The Labute approximate surface area is 82.1 Å². The number of piperidine rings is 1. The lowest BCUT2D eigenvalue weighted by molar-refractivity contribution is 0.182. The zero-order valence-corrected chi connectivity index (χ0v) is 8.99. The van der Waals surface area contributed by atoms with Crippen molar-refractivity contribution in [2.24, 2.45) is 0 Å². The molecule has 2 nitrogen and oxygen atoms in total. The second kappa shape index (κ2) is 6.70. The molecule has 1 unspecified atom stereocenters. The lowest BCUT2D eigenvalue weighted by Gasteiger charge is -2.32. The summed E-state index contributed by atoms with van der Waals surface area (Å²) in [6.45, 7) is 9.31. The van der Waals surface area contributed by atoms with E-state index in [1.807, 2.05) is 0 Å². The second-order valence-electron chi connectivity index (χ2n) is 3.22. The Kier molecular flexibility index (Phi) is 6.81. The van der Waals surface area contributed by atoms with Gasteiger partial charge in [-0.25, -0.2) is 0 Å². The predicted octanol–water partition coefficient (Wildman–Crippen LogP) is 1.50. The highest BCUT2D eigenvalue weighted by molar-refractivity contribution is 5.85. The van der Waals surface area contributed by atoms with Crippen LogP contribution in [0.15, 0.2) is 0 Å². The van der Waals surface area contributed by atoms with Crippen LogP contribution in [0.2, 0.25) is 0 Å². The first-order chi connectivity index (χ1) is 5.38. The molecule has 1 atom stereocenters. The molecule has 1 N–H and O–H groups in total. The van der Waals surface area contributed by atoms with Gasteiger partial charge in [0.15, 0.2) is 0 Å². The quantitative estimate of drug-likeness (QED) is 0.730. The van der Waals surface area contributed by atoms with Gasteiger partial charge in [0.05, 0.1) is 0 Å². The minimum absolute atomic E-state index is 0. The summed E-state index contributed by atoms with van der Waals surface area (Å²) >= 11 is 0. The Morgan fingerprint density at radius 3 is 2.42 bits per heavy atom. The monoisotopic (exact) mass is 192 g/mol. The molecule has 1 fully saturated rings. The summed E-state index contributed by atoms with van der Waals surface area (Å²) in [4.78, 5) is 2.55. The van der Waals surface area contributed by atoms with Crippen LogP contribution in [0.5, 0.6) is 0 Å². The molecular weight excluding hydrogens is 172 g/mol. The zero-order valence-electron chi connectivity index (χ0n) is 8.18. The molecule has 0 radical (unpaired) electrons. The van der Waals surface area contributed by atoms with E-state index in [2.05, 4.69) is 24.1 Å². The van der Waals surface area contributed by atoms with Crippen molar-refractivity contribution in [1.82, 2.24) is 10.2 Å². The van der Waals surface area contributed by atoms with E-state index in [0.29, 0.717) is 0 Å². The maximum absolute atomic E-state index is 3.44. The molecule has 12 heavy (non-hydrogen) atoms.